The average Bonchev–Trinajstić information content (AvgIpc) is 3.01. The third kappa shape index (κ3) is 12.9. The molecule has 0 aliphatic rings. The number of nitro groups is 1. The Morgan fingerprint density at radius 3 is 1.77 bits per heavy atom. The topological polar surface area (TPSA) is 125 Å². The minimum Gasteiger partial charge on any atom is -0.427 e. The van der Waals surface area contributed by atoms with Crippen LogP contribution in [0.4, 0.5) is 5.69 Å². The molecule has 0 saturated heterocycles. The highest BCUT2D eigenvalue weighted by atomic mass is 31.1. The zero-order valence-electron chi connectivity index (χ0n) is 24.5. The van der Waals surface area contributed by atoms with E-state index in [1.807, 2.05) is 24.3 Å². The van der Waals surface area contributed by atoms with Crippen LogP contribution in [-0.4, -0.2) is 71.3 Å². The molecule has 0 bridgehead atoms. The highest BCUT2D eigenvalue weighted by Crippen LogP contribution is 2.35. The largest absolute Gasteiger partial charge is 0.427 e. The molecule has 0 spiro atoms. The molecule has 0 radical (unpaired) electrons. The molecule has 0 saturated carbocycles. The first-order valence-corrected chi connectivity index (χ1v) is 15.2. The Morgan fingerprint density at radius 1 is 0.744 bits per heavy atom. The number of benzene rings is 3. The van der Waals surface area contributed by atoms with Crippen molar-refractivity contribution in [2.24, 2.45) is 0 Å². The number of non-ortho nitro benzene ring substituents is 1. The first-order chi connectivity index (χ1) is 21.0. The second-order valence-electron chi connectivity index (χ2n) is 9.20. The molecule has 0 N–H and O–H groups in total. The summed E-state index contributed by atoms with van der Waals surface area (Å²) in [5.41, 5.74) is 1.90. The van der Waals surface area contributed by atoms with Gasteiger partial charge in [-0.3, -0.25) is 14.9 Å². The lowest BCUT2D eigenvalue weighted by Crippen LogP contribution is -2.19. The highest BCUT2D eigenvalue weighted by Gasteiger charge is 2.18. The van der Waals surface area contributed by atoms with Crippen LogP contribution in [0.15, 0.2) is 72.8 Å². The third-order valence-electron chi connectivity index (χ3n) is 6.00. The van der Waals surface area contributed by atoms with Gasteiger partial charge >= 0.3 is 5.97 Å². The summed E-state index contributed by atoms with van der Waals surface area (Å²) in [7, 11) is 2.28. The summed E-state index contributed by atoms with van der Waals surface area (Å²) >= 11 is 0. The number of hydrogen-bond acceptors (Lipinski definition) is 10. The van der Waals surface area contributed by atoms with Gasteiger partial charge in [0.1, 0.15) is 19.3 Å². The molecule has 0 fully saturated rings. The van der Waals surface area contributed by atoms with E-state index in [4.69, 9.17) is 33.2 Å². The number of ether oxygens (including phenoxy) is 7. The van der Waals surface area contributed by atoms with Crippen molar-refractivity contribution in [2.45, 2.75) is 19.6 Å². The van der Waals surface area contributed by atoms with Crippen LogP contribution >= 0.6 is 7.92 Å². The summed E-state index contributed by atoms with van der Waals surface area (Å²) in [6, 6.07) is 21.7. The van der Waals surface area contributed by atoms with E-state index in [0.29, 0.717) is 45.8 Å². The Bertz CT molecular complexity index is 1200. The van der Waals surface area contributed by atoms with Crippen molar-refractivity contribution in [3.05, 3.63) is 94.0 Å². The Hall–Kier alpha value is -3.28. The first kappa shape index (κ1) is 34.2. The maximum Gasteiger partial charge on any atom is 0.311 e. The number of rotatable bonds is 21. The van der Waals surface area contributed by atoms with Crippen LogP contribution in [-0.2, 0) is 46.4 Å². The summed E-state index contributed by atoms with van der Waals surface area (Å²) in [5.74, 6) is -0.152. The minimum absolute atomic E-state index is 0.0703. The molecule has 0 atom stereocenters. The van der Waals surface area contributed by atoms with Crippen molar-refractivity contribution in [3.63, 3.8) is 0 Å². The number of carbonyl (C=O) groups is 1. The van der Waals surface area contributed by atoms with E-state index in [9.17, 15) is 14.9 Å². The van der Waals surface area contributed by atoms with Gasteiger partial charge in [0, 0.05) is 26.4 Å². The van der Waals surface area contributed by atoms with Crippen molar-refractivity contribution < 1.29 is 42.9 Å². The van der Waals surface area contributed by atoms with Crippen LogP contribution in [0.2, 0.25) is 0 Å². The van der Waals surface area contributed by atoms with Crippen molar-refractivity contribution in [2.75, 3.05) is 60.4 Å². The van der Waals surface area contributed by atoms with Crippen molar-refractivity contribution in [1.29, 1.82) is 0 Å². The number of nitro benzene ring substituents is 1. The molecule has 0 amide bonds. The molecular formula is C31H38NO10P. The van der Waals surface area contributed by atoms with Gasteiger partial charge < -0.3 is 33.2 Å². The molecule has 3 aromatic rings. The van der Waals surface area contributed by atoms with Crippen LogP contribution in [0.25, 0.3) is 0 Å². The Labute approximate surface area is 252 Å². The quantitative estimate of drug-likeness (QED) is 0.0326. The fourth-order valence-electron chi connectivity index (χ4n) is 3.90. The molecule has 0 heterocycles. The van der Waals surface area contributed by atoms with E-state index in [2.05, 4.69) is 24.3 Å². The molecule has 0 aromatic heterocycles. The second kappa shape index (κ2) is 19.8. The predicted molar refractivity (Wildman–Crippen MR) is 162 cm³/mol. The van der Waals surface area contributed by atoms with Crippen LogP contribution in [0.5, 0.6) is 5.75 Å². The highest BCUT2D eigenvalue weighted by molar-refractivity contribution is 7.73. The third-order valence-corrected chi connectivity index (χ3v) is 8.47. The molecule has 0 unspecified atom stereocenters. The van der Waals surface area contributed by atoms with Crippen LogP contribution < -0.4 is 15.3 Å². The summed E-state index contributed by atoms with van der Waals surface area (Å²) in [5, 5.41) is 13.1. The van der Waals surface area contributed by atoms with E-state index in [1.165, 1.54) is 24.3 Å². The average molecular weight is 616 g/mol. The van der Waals surface area contributed by atoms with Crippen molar-refractivity contribution >= 4 is 30.2 Å². The summed E-state index contributed by atoms with van der Waals surface area (Å²) < 4.78 is 37.5. The Kier molecular flexibility index (Phi) is 15.8. The summed E-state index contributed by atoms with van der Waals surface area (Å²) in [4.78, 5) is 23.2. The first-order valence-electron chi connectivity index (χ1n) is 13.7. The van der Waals surface area contributed by atoms with Gasteiger partial charge in [-0.05, 0) is 60.1 Å². The molecule has 0 aliphatic carbocycles. The standard InChI is InChI=1S/C31H38NO10P/c1-36-14-16-38-23-40-21-25-5-3-7-29(19-25)43(18-13-31(33)42-28-11-9-27(10-12-28)32(34)35)30-8-4-6-26(20-30)22-41-24-39-17-15-37-2/h3-12,19-20H,13-18,21-24H2,1-2H3. The fourth-order valence-corrected chi connectivity index (χ4v) is 6.29. The van der Waals surface area contributed by atoms with Crippen LogP contribution in [0.3, 0.4) is 0 Å². The Morgan fingerprint density at radius 2 is 1.28 bits per heavy atom. The lowest BCUT2D eigenvalue weighted by atomic mass is 10.2. The van der Waals surface area contributed by atoms with Gasteiger partial charge in [0.05, 0.1) is 51.0 Å². The SMILES string of the molecule is COCCOCOCc1cccc(P(CCC(=O)Oc2ccc([N+](=O)[O-])cc2)c2cccc(COCOCCOC)c2)c1. The zero-order chi connectivity index (χ0) is 30.7. The van der Waals surface area contributed by atoms with Crippen LogP contribution in [0, 0.1) is 10.1 Å². The van der Waals surface area contributed by atoms with Gasteiger partial charge in [-0.15, -0.1) is 0 Å². The van der Waals surface area contributed by atoms with E-state index in [1.54, 1.807) is 14.2 Å². The molecule has 0 aliphatic heterocycles. The van der Waals surface area contributed by atoms with Crippen molar-refractivity contribution in [1.82, 2.24) is 0 Å². The Balaban J connectivity index is 1.70. The number of esters is 1. The number of methoxy groups -OCH3 is 2. The van der Waals surface area contributed by atoms with E-state index >= 15 is 0 Å². The van der Waals surface area contributed by atoms with Gasteiger partial charge in [-0.25, -0.2) is 0 Å². The number of carbonyl (C=O) groups excluding carboxylic acids is 1. The molecule has 43 heavy (non-hydrogen) atoms. The maximum absolute atomic E-state index is 12.8. The second-order valence-corrected chi connectivity index (χ2v) is 11.5. The normalized spacial score (nSPS) is 11.1. The fraction of sp³-hybridized carbons (Fsp3) is 0.387. The van der Waals surface area contributed by atoms with Gasteiger partial charge in [0.25, 0.3) is 5.69 Å². The molecule has 232 valence electrons. The molecule has 11 nitrogen and oxygen atoms in total. The van der Waals surface area contributed by atoms with Crippen LogP contribution in [0.1, 0.15) is 17.5 Å². The van der Waals surface area contributed by atoms with Gasteiger partial charge in [0.15, 0.2) is 0 Å². The lowest BCUT2D eigenvalue weighted by Gasteiger charge is -2.20. The monoisotopic (exact) mass is 615 g/mol. The summed E-state index contributed by atoms with van der Waals surface area (Å²) in [6.07, 6.45) is 0.695. The van der Waals surface area contributed by atoms with E-state index < -0.39 is 18.8 Å². The molecule has 3 aromatic carbocycles. The maximum atomic E-state index is 12.8. The van der Waals surface area contributed by atoms with Gasteiger partial charge in [-0.2, -0.15) is 0 Å². The van der Waals surface area contributed by atoms with Crippen molar-refractivity contribution in [3.8, 4) is 5.75 Å². The smallest absolute Gasteiger partial charge is 0.311 e. The molecule has 3 rings (SSSR count). The predicted octanol–water partition coefficient (Wildman–Crippen LogP) is 4.30. The summed E-state index contributed by atoms with van der Waals surface area (Å²) in [6.45, 7) is 2.99. The number of hydrogen-bond donors (Lipinski definition) is 0. The molecular weight excluding hydrogens is 577 g/mol. The van der Waals surface area contributed by atoms with Gasteiger partial charge in [-0.1, -0.05) is 36.4 Å². The molecule has 12 heteroatoms. The minimum atomic E-state index is -0.954. The zero-order valence-corrected chi connectivity index (χ0v) is 25.4. The number of nitrogens with zero attached hydrogens (tertiary/aromatic N) is 1. The van der Waals surface area contributed by atoms with Gasteiger partial charge in [0.2, 0.25) is 0 Å². The van der Waals surface area contributed by atoms with E-state index in [-0.39, 0.29) is 31.4 Å². The lowest BCUT2D eigenvalue weighted by molar-refractivity contribution is -0.384. The van der Waals surface area contributed by atoms with E-state index in [0.717, 1.165) is 21.7 Å².